The van der Waals surface area contributed by atoms with Crippen molar-refractivity contribution in [3.8, 4) is 5.75 Å². The van der Waals surface area contributed by atoms with E-state index >= 15 is 0 Å². The zero-order chi connectivity index (χ0) is 23.6. The molecule has 0 unspecified atom stereocenters. The summed E-state index contributed by atoms with van der Waals surface area (Å²) in [7, 11) is -2.22. The fraction of sp³-hybridized carbons (Fsp3) is 0.130. The number of hydrogen-bond donors (Lipinski definition) is 3. The molecule has 0 aliphatic heterocycles. The van der Waals surface area contributed by atoms with Gasteiger partial charge in [-0.1, -0.05) is 41.2 Å². The second-order valence-corrected chi connectivity index (χ2v) is 10.1. The zero-order valence-electron chi connectivity index (χ0n) is 18.2. The molecule has 1 aromatic heterocycles. The van der Waals surface area contributed by atoms with E-state index in [0.29, 0.717) is 22.6 Å². The molecule has 0 atom stereocenters. The first-order chi connectivity index (χ1) is 15.7. The largest absolute Gasteiger partial charge is 0.495 e. The van der Waals surface area contributed by atoms with E-state index in [1.54, 1.807) is 54.6 Å². The van der Waals surface area contributed by atoms with E-state index in [-0.39, 0.29) is 10.0 Å². The van der Waals surface area contributed by atoms with Crippen LogP contribution in [0.15, 0.2) is 65.6 Å². The van der Waals surface area contributed by atoms with Crippen molar-refractivity contribution in [3.63, 3.8) is 0 Å². The number of sulfonamides is 1. The predicted molar refractivity (Wildman–Crippen MR) is 132 cm³/mol. The van der Waals surface area contributed by atoms with E-state index in [0.717, 1.165) is 15.8 Å². The van der Waals surface area contributed by atoms with E-state index in [4.69, 9.17) is 4.74 Å². The van der Waals surface area contributed by atoms with Crippen LogP contribution in [0, 0.1) is 13.8 Å². The molecule has 8 nitrogen and oxygen atoms in total. The van der Waals surface area contributed by atoms with Gasteiger partial charge in [0.1, 0.15) is 5.75 Å². The van der Waals surface area contributed by atoms with Crippen LogP contribution >= 0.6 is 11.3 Å². The number of anilines is 3. The van der Waals surface area contributed by atoms with Crippen LogP contribution in [-0.2, 0) is 10.0 Å². The minimum atomic E-state index is -3.75. The number of ether oxygens (including phenoxy) is 1. The average Bonchev–Trinajstić information content (AvgIpc) is 3.16. The molecule has 0 bridgehead atoms. The Morgan fingerprint density at radius 1 is 1.00 bits per heavy atom. The molecule has 0 fully saturated rings. The van der Waals surface area contributed by atoms with Gasteiger partial charge in [0, 0.05) is 5.69 Å². The number of carbonyl (C=O) groups excluding carboxylic acids is 1. The molecular formula is C23H22N4O4S2. The summed E-state index contributed by atoms with van der Waals surface area (Å²) in [5.74, 6) is 0.548. The third kappa shape index (κ3) is 5.07. The van der Waals surface area contributed by atoms with Gasteiger partial charge in [0.15, 0.2) is 5.13 Å². The molecule has 4 rings (SSSR count). The maximum Gasteiger partial charge on any atom is 0.323 e. The summed E-state index contributed by atoms with van der Waals surface area (Å²) < 4.78 is 33.9. The molecule has 0 spiro atoms. The number of urea groups is 1. The number of fused-ring (bicyclic) bond motifs is 1. The van der Waals surface area contributed by atoms with Crippen LogP contribution in [0.5, 0.6) is 5.75 Å². The quantitative estimate of drug-likeness (QED) is 0.342. The van der Waals surface area contributed by atoms with Gasteiger partial charge in [-0.15, -0.1) is 0 Å². The first-order valence-corrected chi connectivity index (χ1v) is 12.3. The molecule has 0 aliphatic carbocycles. The number of aromatic nitrogens is 1. The molecule has 0 radical (unpaired) electrons. The van der Waals surface area contributed by atoms with Gasteiger partial charge in [0.05, 0.1) is 27.9 Å². The van der Waals surface area contributed by atoms with Gasteiger partial charge in [-0.3, -0.25) is 4.72 Å². The number of nitrogens with zero attached hydrogens (tertiary/aromatic N) is 1. The number of benzene rings is 3. The van der Waals surface area contributed by atoms with Crippen molar-refractivity contribution in [1.29, 1.82) is 0 Å². The maximum absolute atomic E-state index is 12.7. The van der Waals surface area contributed by atoms with Crippen LogP contribution < -0.4 is 20.1 Å². The molecule has 4 aromatic rings. The summed E-state index contributed by atoms with van der Waals surface area (Å²) in [5, 5.41) is 5.81. The SMILES string of the molecule is COc1ccccc1NC(=O)Nc1cc(C)c2nc(NS(=O)(=O)c3ccc(C)cc3)sc2c1. The lowest BCUT2D eigenvalue weighted by molar-refractivity contribution is 0.262. The third-order valence-electron chi connectivity index (χ3n) is 4.85. The number of para-hydroxylation sites is 2. The Bertz CT molecular complexity index is 1430. The van der Waals surface area contributed by atoms with E-state index in [9.17, 15) is 13.2 Å². The van der Waals surface area contributed by atoms with Crippen LogP contribution in [0.1, 0.15) is 11.1 Å². The summed E-state index contributed by atoms with van der Waals surface area (Å²) in [6.45, 7) is 3.74. The van der Waals surface area contributed by atoms with Gasteiger partial charge in [-0.25, -0.2) is 18.2 Å². The van der Waals surface area contributed by atoms with Crippen molar-refractivity contribution < 1.29 is 17.9 Å². The van der Waals surface area contributed by atoms with Gasteiger partial charge in [-0.05, 0) is 55.8 Å². The highest BCUT2D eigenvalue weighted by Gasteiger charge is 2.18. The number of carbonyl (C=O) groups is 1. The molecule has 33 heavy (non-hydrogen) atoms. The lowest BCUT2D eigenvalue weighted by Crippen LogP contribution is -2.19. The van der Waals surface area contributed by atoms with Crippen molar-refractivity contribution in [3.05, 3.63) is 71.8 Å². The standard InChI is InChI=1S/C23H22N4O4S2/c1-14-8-10-17(11-9-14)33(29,30)27-23-26-21-15(2)12-16(13-20(21)32-23)24-22(28)25-18-6-4-5-7-19(18)31-3/h4-13H,1-3H3,(H,26,27)(H2,24,25,28). The van der Waals surface area contributed by atoms with Gasteiger partial charge in [0.25, 0.3) is 10.0 Å². The van der Waals surface area contributed by atoms with Crippen LogP contribution in [0.4, 0.5) is 21.3 Å². The lowest BCUT2D eigenvalue weighted by Gasteiger charge is -2.11. The fourth-order valence-corrected chi connectivity index (χ4v) is 5.45. The Kier molecular flexibility index (Phi) is 6.21. The summed E-state index contributed by atoms with van der Waals surface area (Å²) in [4.78, 5) is 17.1. The highest BCUT2D eigenvalue weighted by atomic mass is 32.2. The summed E-state index contributed by atoms with van der Waals surface area (Å²) in [5.41, 5.74) is 3.54. The second kappa shape index (κ2) is 9.08. The molecule has 1 heterocycles. The van der Waals surface area contributed by atoms with Crippen LogP contribution in [0.25, 0.3) is 10.2 Å². The lowest BCUT2D eigenvalue weighted by atomic mass is 10.2. The molecule has 3 aromatic carbocycles. The Morgan fingerprint density at radius 2 is 1.73 bits per heavy atom. The van der Waals surface area contributed by atoms with Gasteiger partial charge < -0.3 is 15.4 Å². The molecule has 0 saturated carbocycles. The number of thiazole rings is 1. The van der Waals surface area contributed by atoms with E-state index in [1.165, 1.54) is 18.4 Å². The summed E-state index contributed by atoms with van der Waals surface area (Å²) in [6, 6.07) is 16.8. The van der Waals surface area contributed by atoms with Crippen molar-refractivity contribution >= 4 is 54.1 Å². The molecule has 0 aliphatic rings. The number of methoxy groups -OCH3 is 1. The number of nitrogens with one attached hydrogen (secondary N) is 3. The van der Waals surface area contributed by atoms with Crippen molar-refractivity contribution in [2.24, 2.45) is 0 Å². The van der Waals surface area contributed by atoms with Gasteiger partial charge >= 0.3 is 6.03 Å². The zero-order valence-corrected chi connectivity index (χ0v) is 19.8. The Hall–Kier alpha value is -3.63. The van der Waals surface area contributed by atoms with E-state index in [2.05, 4.69) is 20.3 Å². The van der Waals surface area contributed by atoms with Crippen LogP contribution in [-0.4, -0.2) is 26.5 Å². The Labute approximate surface area is 195 Å². The predicted octanol–water partition coefficient (Wildman–Crippen LogP) is 5.37. The maximum atomic E-state index is 12.7. The highest BCUT2D eigenvalue weighted by molar-refractivity contribution is 7.93. The Balaban J connectivity index is 1.54. The normalized spacial score (nSPS) is 11.2. The highest BCUT2D eigenvalue weighted by Crippen LogP contribution is 2.32. The summed E-state index contributed by atoms with van der Waals surface area (Å²) >= 11 is 1.19. The average molecular weight is 483 g/mol. The van der Waals surface area contributed by atoms with Gasteiger partial charge in [0.2, 0.25) is 0 Å². The van der Waals surface area contributed by atoms with Crippen LogP contribution in [0.3, 0.4) is 0 Å². The number of rotatable bonds is 6. The molecule has 170 valence electrons. The minimum absolute atomic E-state index is 0.166. The second-order valence-electron chi connectivity index (χ2n) is 7.36. The fourth-order valence-electron chi connectivity index (χ4n) is 3.24. The first-order valence-electron chi connectivity index (χ1n) is 9.97. The molecule has 3 N–H and O–H groups in total. The number of amides is 2. The van der Waals surface area contributed by atoms with Gasteiger partial charge in [-0.2, -0.15) is 0 Å². The smallest absolute Gasteiger partial charge is 0.323 e. The molecule has 2 amide bonds. The molecular weight excluding hydrogens is 460 g/mol. The molecule has 10 heteroatoms. The van der Waals surface area contributed by atoms with Crippen molar-refractivity contribution in [1.82, 2.24) is 4.98 Å². The number of aryl methyl sites for hydroxylation is 2. The van der Waals surface area contributed by atoms with Crippen molar-refractivity contribution in [2.45, 2.75) is 18.7 Å². The minimum Gasteiger partial charge on any atom is -0.495 e. The Morgan fingerprint density at radius 3 is 2.45 bits per heavy atom. The van der Waals surface area contributed by atoms with Crippen molar-refractivity contribution in [2.75, 3.05) is 22.5 Å². The van der Waals surface area contributed by atoms with E-state index < -0.39 is 16.1 Å². The van der Waals surface area contributed by atoms with E-state index in [1.807, 2.05) is 19.9 Å². The summed E-state index contributed by atoms with van der Waals surface area (Å²) in [6.07, 6.45) is 0. The first kappa shape index (κ1) is 22.6. The topological polar surface area (TPSA) is 109 Å². The monoisotopic (exact) mass is 482 g/mol. The number of hydrogen-bond acceptors (Lipinski definition) is 6. The van der Waals surface area contributed by atoms with Crippen LogP contribution in [0.2, 0.25) is 0 Å². The third-order valence-corrected chi connectivity index (χ3v) is 7.25. The molecule has 0 saturated heterocycles.